The van der Waals surface area contributed by atoms with Crippen LogP contribution in [0, 0.1) is 5.82 Å². The van der Waals surface area contributed by atoms with Gasteiger partial charge in [0.05, 0.1) is 24.5 Å². The summed E-state index contributed by atoms with van der Waals surface area (Å²) in [5.74, 6) is -0.317. The molecule has 0 bridgehead atoms. The third kappa shape index (κ3) is 3.52. The lowest BCUT2D eigenvalue weighted by molar-refractivity contribution is 0.611. The van der Waals surface area contributed by atoms with Crippen molar-refractivity contribution in [3.05, 3.63) is 46.5 Å². The smallest absolute Gasteiger partial charge is 0.123 e. The average molecular weight is 283 g/mol. The van der Waals surface area contributed by atoms with Crippen LogP contribution in [-0.4, -0.2) is 15.0 Å². The molecule has 0 aliphatic carbocycles. The van der Waals surface area contributed by atoms with Gasteiger partial charge in [-0.05, 0) is 30.2 Å². The Balaban J connectivity index is 2.13. The second kappa shape index (κ2) is 6.12. The summed E-state index contributed by atoms with van der Waals surface area (Å²) in [6.45, 7) is 2.44. The fourth-order valence-corrected chi connectivity index (χ4v) is 2.04. The quantitative estimate of drug-likeness (QED) is 0.917. The fraction of sp³-hybridized carbons (Fsp3) is 0.385. The van der Waals surface area contributed by atoms with E-state index in [1.54, 1.807) is 10.9 Å². The number of benzene rings is 1. The van der Waals surface area contributed by atoms with E-state index >= 15 is 0 Å². The van der Waals surface area contributed by atoms with Gasteiger partial charge >= 0.3 is 0 Å². The summed E-state index contributed by atoms with van der Waals surface area (Å²) in [5.41, 5.74) is 7.38. The monoisotopic (exact) mass is 282 g/mol. The molecule has 0 amide bonds. The van der Waals surface area contributed by atoms with E-state index in [0.29, 0.717) is 17.1 Å². The Labute approximate surface area is 116 Å². The fourth-order valence-electron chi connectivity index (χ4n) is 1.86. The summed E-state index contributed by atoms with van der Waals surface area (Å²) in [5, 5.41) is 8.54. The highest BCUT2D eigenvalue weighted by Gasteiger charge is 2.10. The molecule has 0 spiro atoms. The number of hydrogen-bond acceptors (Lipinski definition) is 3. The number of halogens is 2. The molecule has 4 nitrogen and oxygen atoms in total. The zero-order valence-electron chi connectivity index (χ0n) is 10.7. The molecule has 2 N–H and O–H groups in total. The van der Waals surface area contributed by atoms with Crippen molar-refractivity contribution in [2.75, 3.05) is 0 Å². The Morgan fingerprint density at radius 2 is 2.26 bits per heavy atom. The minimum Gasteiger partial charge on any atom is -0.323 e. The predicted molar refractivity (Wildman–Crippen MR) is 72.4 cm³/mol. The van der Waals surface area contributed by atoms with Crippen LogP contribution in [0.4, 0.5) is 4.39 Å². The Kier molecular flexibility index (Phi) is 4.50. The summed E-state index contributed by atoms with van der Waals surface area (Å²) in [6.07, 6.45) is 3.63. The van der Waals surface area contributed by atoms with Crippen LogP contribution in [0.2, 0.25) is 5.02 Å². The zero-order chi connectivity index (χ0) is 13.8. The van der Waals surface area contributed by atoms with Crippen LogP contribution in [0.5, 0.6) is 0 Å². The number of hydrogen-bond donors (Lipinski definition) is 1. The maximum atomic E-state index is 13.2. The normalized spacial score (nSPS) is 12.6. The van der Waals surface area contributed by atoms with E-state index in [4.69, 9.17) is 17.3 Å². The van der Waals surface area contributed by atoms with E-state index in [2.05, 4.69) is 17.2 Å². The highest BCUT2D eigenvalue weighted by molar-refractivity contribution is 6.31. The van der Waals surface area contributed by atoms with Gasteiger partial charge in [-0.3, -0.25) is 0 Å². The molecule has 1 unspecified atom stereocenters. The largest absolute Gasteiger partial charge is 0.323 e. The third-order valence-electron chi connectivity index (χ3n) is 2.88. The number of nitrogens with zero attached hydrogens (tertiary/aromatic N) is 3. The minimum absolute atomic E-state index is 0.110. The van der Waals surface area contributed by atoms with Crippen molar-refractivity contribution in [3.8, 4) is 0 Å². The maximum Gasteiger partial charge on any atom is 0.123 e. The highest BCUT2D eigenvalue weighted by Crippen LogP contribution is 2.19. The highest BCUT2D eigenvalue weighted by atomic mass is 35.5. The van der Waals surface area contributed by atoms with Crippen molar-refractivity contribution in [2.24, 2.45) is 5.73 Å². The van der Waals surface area contributed by atoms with Gasteiger partial charge in [-0.1, -0.05) is 30.2 Å². The molecule has 2 rings (SSSR count). The second-order valence-corrected chi connectivity index (χ2v) is 4.88. The minimum atomic E-state index is -0.317. The van der Waals surface area contributed by atoms with Crippen molar-refractivity contribution in [2.45, 2.75) is 32.4 Å². The molecule has 0 aliphatic heterocycles. The average Bonchev–Trinajstić information content (AvgIpc) is 2.83. The van der Waals surface area contributed by atoms with Crippen molar-refractivity contribution >= 4 is 11.6 Å². The van der Waals surface area contributed by atoms with E-state index in [9.17, 15) is 4.39 Å². The molecule has 0 saturated heterocycles. The summed E-state index contributed by atoms with van der Waals surface area (Å²) in [6, 6.07) is 4.15. The van der Waals surface area contributed by atoms with Crippen molar-refractivity contribution in [1.29, 1.82) is 0 Å². The number of aromatic nitrogens is 3. The van der Waals surface area contributed by atoms with E-state index in [1.807, 2.05) is 0 Å². The Morgan fingerprint density at radius 1 is 1.47 bits per heavy atom. The SMILES string of the molecule is CCCC(N)c1cn(Cc2cc(F)ccc2Cl)nn1. The molecule has 0 saturated carbocycles. The van der Waals surface area contributed by atoms with Crippen LogP contribution in [-0.2, 0) is 6.54 Å². The van der Waals surface area contributed by atoms with E-state index in [0.717, 1.165) is 18.5 Å². The van der Waals surface area contributed by atoms with Gasteiger partial charge in [0.25, 0.3) is 0 Å². The maximum absolute atomic E-state index is 13.2. The molecule has 2 aromatic rings. The van der Waals surface area contributed by atoms with E-state index < -0.39 is 0 Å². The molecule has 1 aromatic carbocycles. The molecular weight excluding hydrogens is 267 g/mol. The van der Waals surface area contributed by atoms with Crippen molar-refractivity contribution in [1.82, 2.24) is 15.0 Å². The molecule has 6 heteroatoms. The molecule has 1 aromatic heterocycles. The van der Waals surface area contributed by atoms with E-state index in [1.165, 1.54) is 18.2 Å². The summed E-state index contributed by atoms with van der Waals surface area (Å²) >= 11 is 6.01. The molecule has 19 heavy (non-hydrogen) atoms. The first-order valence-corrected chi connectivity index (χ1v) is 6.57. The Bertz CT molecular complexity index is 555. The number of rotatable bonds is 5. The van der Waals surface area contributed by atoms with Gasteiger partial charge in [-0.2, -0.15) is 0 Å². The van der Waals surface area contributed by atoms with Crippen molar-refractivity contribution < 1.29 is 4.39 Å². The first kappa shape index (κ1) is 14.0. The third-order valence-corrected chi connectivity index (χ3v) is 3.24. The lowest BCUT2D eigenvalue weighted by atomic mass is 10.1. The van der Waals surface area contributed by atoms with E-state index in [-0.39, 0.29) is 11.9 Å². The summed E-state index contributed by atoms with van der Waals surface area (Å²) in [4.78, 5) is 0. The van der Waals surface area contributed by atoms with Gasteiger partial charge in [0.2, 0.25) is 0 Å². The Morgan fingerprint density at radius 3 is 3.00 bits per heavy atom. The predicted octanol–water partition coefficient (Wildman–Crippen LogP) is 2.92. The topological polar surface area (TPSA) is 56.7 Å². The lowest BCUT2D eigenvalue weighted by Gasteiger charge is -2.05. The molecule has 0 fully saturated rings. The molecule has 0 radical (unpaired) electrons. The second-order valence-electron chi connectivity index (χ2n) is 4.47. The summed E-state index contributed by atoms with van der Waals surface area (Å²) < 4.78 is 14.8. The van der Waals surface area contributed by atoms with Crippen molar-refractivity contribution in [3.63, 3.8) is 0 Å². The molecule has 1 heterocycles. The van der Waals surface area contributed by atoms with Crippen LogP contribution >= 0.6 is 11.6 Å². The van der Waals surface area contributed by atoms with Crippen LogP contribution in [0.25, 0.3) is 0 Å². The van der Waals surface area contributed by atoms with Crippen LogP contribution in [0.15, 0.2) is 24.4 Å². The van der Waals surface area contributed by atoms with Gasteiger partial charge in [0, 0.05) is 5.02 Å². The van der Waals surface area contributed by atoms with Gasteiger partial charge in [-0.15, -0.1) is 5.10 Å². The first-order chi connectivity index (χ1) is 9.10. The molecule has 0 aliphatic rings. The summed E-state index contributed by atoms with van der Waals surface area (Å²) in [7, 11) is 0. The molecule has 102 valence electrons. The zero-order valence-corrected chi connectivity index (χ0v) is 11.4. The van der Waals surface area contributed by atoms with Crippen LogP contribution in [0.3, 0.4) is 0 Å². The first-order valence-electron chi connectivity index (χ1n) is 6.19. The van der Waals surface area contributed by atoms with Gasteiger partial charge in [-0.25, -0.2) is 9.07 Å². The van der Waals surface area contributed by atoms with Gasteiger partial charge in [0.1, 0.15) is 5.82 Å². The number of nitrogens with two attached hydrogens (primary N) is 1. The van der Waals surface area contributed by atoms with Crippen LogP contribution in [0.1, 0.15) is 37.1 Å². The molecule has 1 atom stereocenters. The molecular formula is C13H16ClFN4. The Hall–Kier alpha value is -1.46. The lowest BCUT2D eigenvalue weighted by Crippen LogP contribution is -2.10. The van der Waals surface area contributed by atoms with Crippen LogP contribution < -0.4 is 5.73 Å². The van der Waals surface area contributed by atoms with Gasteiger partial charge in [0.15, 0.2) is 0 Å². The standard InChI is InChI=1S/C13H16ClFN4/c1-2-3-12(16)13-8-19(18-17-13)7-9-6-10(15)4-5-11(9)14/h4-6,8,12H,2-3,7,16H2,1H3. The van der Waals surface area contributed by atoms with Gasteiger partial charge < -0.3 is 5.73 Å².